The molecule has 1 saturated heterocycles. The van der Waals surface area contributed by atoms with Crippen molar-refractivity contribution in [3.05, 3.63) is 24.2 Å². The number of hydrogen-bond acceptors (Lipinski definition) is 6. The number of nitrogens with zero attached hydrogens (tertiary/aromatic N) is 4. The Balaban J connectivity index is 2.14. The highest BCUT2D eigenvalue weighted by molar-refractivity contribution is 5.71. The Kier molecular flexibility index (Phi) is 3.71. The predicted octanol–water partition coefficient (Wildman–Crippen LogP) is 1.19. The van der Waals surface area contributed by atoms with Gasteiger partial charge in [0.05, 0.1) is 26.0 Å². The minimum atomic E-state index is 0.127. The smallest absolute Gasteiger partial charge is 0.235 e. The third-order valence-electron chi connectivity index (χ3n) is 3.32. The van der Waals surface area contributed by atoms with Gasteiger partial charge in [0.25, 0.3) is 0 Å². The molecule has 1 fully saturated rings. The summed E-state index contributed by atoms with van der Waals surface area (Å²) < 4.78 is 10.9. The molecule has 3 heterocycles. The first kappa shape index (κ1) is 13.4. The fraction of sp³-hybridized carbons (Fsp3) is 0.357. The number of aromatic nitrogens is 3. The second-order valence-corrected chi connectivity index (χ2v) is 4.55. The van der Waals surface area contributed by atoms with Crippen LogP contribution in [0, 0.1) is 11.3 Å². The predicted molar refractivity (Wildman–Crippen MR) is 76.1 cm³/mol. The van der Waals surface area contributed by atoms with Gasteiger partial charge >= 0.3 is 0 Å². The summed E-state index contributed by atoms with van der Waals surface area (Å²) >= 11 is 0. The summed E-state index contributed by atoms with van der Waals surface area (Å²) in [6.45, 7) is 2.69. The zero-order valence-corrected chi connectivity index (χ0v) is 11.7. The van der Waals surface area contributed by atoms with Gasteiger partial charge in [0.2, 0.25) is 5.82 Å². The van der Waals surface area contributed by atoms with E-state index in [9.17, 15) is 5.26 Å². The van der Waals surface area contributed by atoms with E-state index in [1.54, 1.807) is 13.3 Å². The van der Waals surface area contributed by atoms with Gasteiger partial charge in [0.1, 0.15) is 11.8 Å². The first-order valence-electron chi connectivity index (χ1n) is 6.66. The van der Waals surface area contributed by atoms with Gasteiger partial charge in [0.15, 0.2) is 11.6 Å². The van der Waals surface area contributed by atoms with Crippen LogP contribution in [0.15, 0.2) is 18.3 Å². The normalized spacial score (nSPS) is 14.8. The molecule has 0 radical (unpaired) electrons. The van der Waals surface area contributed by atoms with Crippen LogP contribution in [0.5, 0.6) is 5.75 Å². The SMILES string of the molecule is COc1c(-c2ccc[nH]2)nc(C#N)nc1N1CCOCC1. The van der Waals surface area contributed by atoms with Crippen molar-refractivity contribution in [1.29, 1.82) is 5.26 Å². The first-order valence-corrected chi connectivity index (χ1v) is 6.66. The summed E-state index contributed by atoms with van der Waals surface area (Å²) in [6, 6.07) is 5.77. The molecule has 1 aliphatic heterocycles. The lowest BCUT2D eigenvalue weighted by Crippen LogP contribution is -2.37. The van der Waals surface area contributed by atoms with E-state index in [-0.39, 0.29) is 5.82 Å². The quantitative estimate of drug-likeness (QED) is 0.911. The topological polar surface area (TPSA) is 87.1 Å². The Labute approximate surface area is 122 Å². The van der Waals surface area contributed by atoms with Crippen LogP contribution < -0.4 is 9.64 Å². The molecule has 0 spiro atoms. The van der Waals surface area contributed by atoms with Crippen LogP contribution in [-0.2, 0) is 4.74 Å². The summed E-state index contributed by atoms with van der Waals surface area (Å²) in [6.07, 6.45) is 1.80. The molecule has 0 bridgehead atoms. The van der Waals surface area contributed by atoms with Crippen molar-refractivity contribution in [2.24, 2.45) is 0 Å². The van der Waals surface area contributed by atoms with Crippen LogP contribution in [0.3, 0.4) is 0 Å². The van der Waals surface area contributed by atoms with Gasteiger partial charge in [-0.3, -0.25) is 0 Å². The van der Waals surface area contributed by atoms with Gasteiger partial charge in [-0.25, -0.2) is 4.98 Å². The summed E-state index contributed by atoms with van der Waals surface area (Å²) in [5.41, 5.74) is 1.39. The molecule has 108 valence electrons. The fourth-order valence-electron chi connectivity index (χ4n) is 2.33. The van der Waals surface area contributed by atoms with E-state index in [4.69, 9.17) is 9.47 Å². The van der Waals surface area contributed by atoms with Crippen LogP contribution in [0.2, 0.25) is 0 Å². The Bertz CT molecular complexity index is 657. The molecule has 1 aliphatic rings. The Morgan fingerprint density at radius 3 is 2.81 bits per heavy atom. The number of anilines is 1. The first-order chi connectivity index (χ1) is 10.3. The Morgan fingerprint density at radius 1 is 1.38 bits per heavy atom. The number of ether oxygens (including phenoxy) is 2. The van der Waals surface area contributed by atoms with Gasteiger partial charge in [-0.2, -0.15) is 10.2 Å². The summed E-state index contributed by atoms with van der Waals surface area (Å²) in [7, 11) is 1.58. The highest BCUT2D eigenvalue weighted by Crippen LogP contribution is 2.35. The zero-order chi connectivity index (χ0) is 14.7. The number of H-pyrrole nitrogens is 1. The summed E-state index contributed by atoms with van der Waals surface area (Å²) in [5, 5.41) is 9.18. The van der Waals surface area contributed by atoms with Gasteiger partial charge in [-0.1, -0.05) is 0 Å². The second-order valence-electron chi connectivity index (χ2n) is 4.55. The molecule has 0 amide bonds. The van der Waals surface area contributed by atoms with Gasteiger partial charge in [-0.05, 0) is 12.1 Å². The number of nitrogens with one attached hydrogen (secondary N) is 1. The number of nitriles is 1. The molecule has 2 aromatic heterocycles. The maximum Gasteiger partial charge on any atom is 0.235 e. The van der Waals surface area contributed by atoms with Crippen LogP contribution in [0.1, 0.15) is 5.82 Å². The van der Waals surface area contributed by atoms with Gasteiger partial charge in [-0.15, -0.1) is 0 Å². The molecular weight excluding hydrogens is 270 g/mol. The van der Waals surface area contributed by atoms with E-state index in [2.05, 4.69) is 19.9 Å². The van der Waals surface area contributed by atoms with Crippen molar-refractivity contribution in [1.82, 2.24) is 15.0 Å². The highest BCUT2D eigenvalue weighted by Gasteiger charge is 2.23. The maximum atomic E-state index is 9.18. The maximum absolute atomic E-state index is 9.18. The molecule has 0 aliphatic carbocycles. The molecule has 7 nitrogen and oxygen atoms in total. The number of methoxy groups -OCH3 is 1. The van der Waals surface area contributed by atoms with Crippen LogP contribution in [-0.4, -0.2) is 48.4 Å². The number of rotatable bonds is 3. The number of morpholine rings is 1. The highest BCUT2D eigenvalue weighted by atomic mass is 16.5. The lowest BCUT2D eigenvalue weighted by molar-refractivity contribution is 0.122. The fourth-order valence-corrected chi connectivity index (χ4v) is 2.33. The van der Waals surface area contributed by atoms with Crippen molar-refractivity contribution in [3.63, 3.8) is 0 Å². The third-order valence-corrected chi connectivity index (χ3v) is 3.32. The van der Waals surface area contributed by atoms with Gasteiger partial charge < -0.3 is 19.4 Å². The standard InChI is InChI=1S/C14H15N5O2/c1-20-13-12(10-3-2-4-16-10)17-11(9-15)18-14(13)19-5-7-21-8-6-19/h2-4,16H,5-8H2,1H3. The minimum Gasteiger partial charge on any atom is -0.491 e. The summed E-state index contributed by atoms with van der Waals surface area (Å²) in [4.78, 5) is 13.7. The molecule has 1 N–H and O–H groups in total. The lowest BCUT2D eigenvalue weighted by Gasteiger charge is -2.29. The van der Waals surface area contributed by atoms with Crippen LogP contribution >= 0.6 is 0 Å². The largest absolute Gasteiger partial charge is 0.491 e. The van der Waals surface area contributed by atoms with E-state index in [1.165, 1.54) is 0 Å². The molecule has 0 aromatic carbocycles. The van der Waals surface area contributed by atoms with Crippen molar-refractivity contribution in [2.75, 3.05) is 38.3 Å². The van der Waals surface area contributed by atoms with Gasteiger partial charge in [0, 0.05) is 19.3 Å². The van der Waals surface area contributed by atoms with E-state index in [0.717, 1.165) is 5.69 Å². The van der Waals surface area contributed by atoms with Crippen molar-refractivity contribution >= 4 is 5.82 Å². The average molecular weight is 285 g/mol. The zero-order valence-electron chi connectivity index (χ0n) is 11.7. The van der Waals surface area contributed by atoms with Crippen molar-refractivity contribution < 1.29 is 9.47 Å². The molecule has 3 rings (SSSR count). The molecule has 2 aromatic rings. The molecule has 0 unspecified atom stereocenters. The minimum absolute atomic E-state index is 0.127. The van der Waals surface area contributed by atoms with Crippen LogP contribution in [0.4, 0.5) is 5.82 Å². The average Bonchev–Trinajstić information content (AvgIpc) is 3.08. The van der Waals surface area contributed by atoms with E-state index >= 15 is 0 Å². The molecule has 0 atom stereocenters. The number of hydrogen-bond donors (Lipinski definition) is 1. The molecule has 7 heteroatoms. The van der Waals surface area contributed by atoms with E-state index in [0.29, 0.717) is 43.6 Å². The molecular formula is C14H15N5O2. The van der Waals surface area contributed by atoms with Crippen molar-refractivity contribution in [2.45, 2.75) is 0 Å². The third kappa shape index (κ3) is 2.53. The summed E-state index contributed by atoms with van der Waals surface area (Å²) in [5.74, 6) is 1.33. The Morgan fingerprint density at radius 2 is 2.19 bits per heavy atom. The van der Waals surface area contributed by atoms with E-state index in [1.807, 2.05) is 18.2 Å². The van der Waals surface area contributed by atoms with E-state index < -0.39 is 0 Å². The van der Waals surface area contributed by atoms with Crippen LogP contribution in [0.25, 0.3) is 11.4 Å². The molecule has 21 heavy (non-hydrogen) atoms. The van der Waals surface area contributed by atoms with Crippen molar-refractivity contribution in [3.8, 4) is 23.2 Å². The second kappa shape index (κ2) is 5.81. The molecule has 0 saturated carbocycles. The lowest BCUT2D eigenvalue weighted by atomic mass is 10.2. The Hall–Kier alpha value is -2.59. The monoisotopic (exact) mass is 285 g/mol. The number of aromatic amines is 1.